The predicted molar refractivity (Wildman–Crippen MR) is 239 cm³/mol. The van der Waals surface area contributed by atoms with Crippen LogP contribution < -0.4 is 0 Å². The Hall–Kier alpha value is -1.96. The van der Waals surface area contributed by atoms with Crippen molar-refractivity contribution in [1.29, 1.82) is 0 Å². The van der Waals surface area contributed by atoms with Crippen LogP contribution in [0.3, 0.4) is 0 Å². The van der Waals surface area contributed by atoms with Crippen molar-refractivity contribution in [2.24, 2.45) is 5.92 Å². The Balaban J connectivity index is 1.35. The van der Waals surface area contributed by atoms with Gasteiger partial charge in [-0.3, -0.25) is 0 Å². The molecule has 285 valence electrons. The van der Waals surface area contributed by atoms with Gasteiger partial charge in [0.2, 0.25) is 0 Å². The van der Waals surface area contributed by atoms with Crippen molar-refractivity contribution in [3.63, 3.8) is 0 Å². The van der Waals surface area contributed by atoms with Gasteiger partial charge in [0.1, 0.15) is 0 Å². The number of benzene rings is 4. The summed E-state index contributed by atoms with van der Waals surface area (Å²) in [7, 11) is 17.7. The van der Waals surface area contributed by atoms with Gasteiger partial charge >= 0.3 is 339 Å². The van der Waals surface area contributed by atoms with Crippen LogP contribution in [-0.2, 0) is 15.6 Å². The van der Waals surface area contributed by atoms with Crippen molar-refractivity contribution < 1.29 is 15.6 Å². The molecule has 0 aromatic heterocycles. The molecule has 1 saturated carbocycles. The van der Waals surface area contributed by atoms with Crippen LogP contribution in [0.1, 0.15) is 151 Å². The molecule has 0 amide bonds. The first-order valence-corrected chi connectivity index (χ1v) is 37.8. The maximum absolute atomic E-state index is 8.85. The van der Waals surface area contributed by atoms with Crippen molar-refractivity contribution in [1.82, 2.24) is 0 Å². The molecule has 0 spiro atoms. The fourth-order valence-electron chi connectivity index (χ4n) is 10.8. The average Bonchev–Trinajstić information content (AvgIpc) is 3.79. The van der Waals surface area contributed by atoms with Gasteiger partial charge in [0.05, 0.1) is 0 Å². The van der Waals surface area contributed by atoms with Gasteiger partial charge in [0.25, 0.3) is 0 Å². The zero-order valence-electron chi connectivity index (χ0n) is 34.0. The standard InChI is InChI=1S/C26H31.C22H25.C2H7Si.2ClH.Zr/c1-3-8-19(2)24-17-23-11-7-12-25(26(23)18-24)22-15-13-21(14-16-22)20-9-5-4-6-10-20;1-4-7-16(3)18-10-12-19(13-11-18)21-9-6-8-20-14-17(5-2)15-22(20)21;1-3-2;;;/h7,11-20H,3-6,8-10H2,1-2H3;6,8-16H,4-5,7H2,1-3H3;3H,1-2H3;2*1H;/q;;;;;+2/p-2. The first kappa shape index (κ1) is 40.2. The molecule has 0 N–H and O–H groups in total. The van der Waals surface area contributed by atoms with E-state index in [1.54, 1.807) is 0 Å². The quantitative estimate of drug-likeness (QED) is 0.118. The predicted octanol–water partition coefficient (Wildman–Crippen LogP) is 16.4. The monoisotopic (exact) mass is 851 g/mol. The van der Waals surface area contributed by atoms with Crippen LogP contribution >= 0.6 is 17.0 Å². The summed E-state index contributed by atoms with van der Waals surface area (Å²) in [6.07, 6.45) is 17.5. The van der Waals surface area contributed by atoms with E-state index in [2.05, 4.69) is 145 Å². The summed E-state index contributed by atoms with van der Waals surface area (Å²) in [6.45, 7) is 16.7. The van der Waals surface area contributed by atoms with Gasteiger partial charge in [-0.1, -0.05) is 0 Å². The molecule has 3 aliphatic carbocycles. The molecular formula is C50H63Cl2SiZr. The Labute approximate surface area is 336 Å². The number of fused-ring (bicyclic) bond motifs is 2. The van der Waals surface area contributed by atoms with E-state index in [0.29, 0.717) is 17.8 Å². The van der Waals surface area contributed by atoms with Gasteiger partial charge in [-0.15, -0.1) is 0 Å². The Bertz CT molecular complexity index is 2010. The second kappa shape index (κ2) is 16.5. The zero-order chi connectivity index (χ0) is 38.2. The summed E-state index contributed by atoms with van der Waals surface area (Å²) in [6, 6.07) is 33.0. The van der Waals surface area contributed by atoms with Crippen LogP contribution in [0.4, 0.5) is 0 Å². The molecule has 4 aromatic carbocycles. The molecule has 1 fully saturated rings. The molecule has 4 heteroatoms. The van der Waals surface area contributed by atoms with Crippen LogP contribution in [0.15, 0.2) is 96.1 Å². The second-order valence-electron chi connectivity index (χ2n) is 17.5. The van der Waals surface area contributed by atoms with Gasteiger partial charge in [0.15, 0.2) is 0 Å². The third-order valence-corrected chi connectivity index (χ3v) is 65.7. The Morgan fingerprint density at radius 2 is 1.19 bits per heavy atom. The number of hydrogen-bond acceptors (Lipinski definition) is 0. The first-order valence-electron chi connectivity index (χ1n) is 21.5. The summed E-state index contributed by atoms with van der Waals surface area (Å²) in [5, 5.41) is 0. The van der Waals surface area contributed by atoms with Crippen LogP contribution in [0.2, 0.25) is 13.1 Å². The van der Waals surface area contributed by atoms with Crippen molar-refractivity contribution in [2.75, 3.05) is 0 Å². The molecule has 0 bridgehead atoms. The molecule has 54 heavy (non-hydrogen) atoms. The normalized spacial score (nSPS) is 20.5. The van der Waals surface area contributed by atoms with Crippen molar-refractivity contribution in [2.45, 2.75) is 131 Å². The molecule has 4 atom stereocenters. The van der Waals surface area contributed by atoms with Crippen molar-refractivity contribution >= 4 is 35.1 Å². The van der Waals surface area contributed by atoms with Crippen LogP contribution in [0.5, 0.6) is 0 Å². The van der Waals surface area contributed by atoms with Crippen molar-refractivity contribution in [3.05, 3.63) is 129 Å². The second-order valence-corrected chi connectivity index (χ2v) is 60.0. The topological polar surface area (TPSA) is 0 Å². The van der Waals surface area contributed by atoms with Gasteiger partial charge in [-0.25, -0.2) is 0 Å². The van der Waals surface area contributed by atoms with E-state index in [1.807, 2.05) is 0 Å². The minimum atomic E-state index is -4.90. The number of halogens is 2. The fourth-order valence-corrected chi connectivity index (χ4v) is 42.3. The summed E-state index contributed by atoms with van der Waals surface area (Å²) in [4.78, 5) is 0. The summed E-state index contributed by atoms with van der Waals surface area (Å²) in [5.74, 6) is 0.0453. The van der Waals surface area contributed by atoms with E-state index in [9.17, 15) is 0 Å². The fraction of sp³-hybridized carbons (Fsp3) is 0.440. The van der Waals surface area contributed by atoms with Gasteiger partial charge < -0.3 is 0 Å². The third kappa shape index (κ3) is 7.12. The molecule has 0 radical (unpaired) electrons. The van der Waals surface area contributed by atoms with E-state index >= 15 is 0 Å². The summed E-state index contributed by atoms with van der Waals surface area (Å²) >= 11 is -4.90. The molecule has 3 aliphatic rings. The van der Waals surface area contributed by atoms with E-state index in [0.717, 1.165) is 19.3 Å². The average molecular weight is 854 g/mol. The molecular weight excluding hydrogens is 791 g/mol. The minimum absolute atomic E-state index is 0.105. The van der Waals surface area contributed by atoms with E-state index in [4.69, 9.17) is 17.0 Å². The Morgan fingerprint density at radius 3 is 1.74 bits per heavy atom. The maximum atomic E-state index is 8.85. The number of rotatable bonds is 13. The van der Waals surface area contributed by atoms with E-state index in [-0.39, 0.29) is 7.25 Å². The van der Waals surface area contributed by atoms with Crippen molar-refractivity contribution in [3.8, 4) is 22.3 Å². The summed E-state index contributed by atoms with van der Waals surface area (Å²) < 4.78 is 0.213. The van der Waals surface area contributed by atoms with Gasteiger partial charge in [-0.05, 0) is 0 Å². The van der Waals surface area contributed by atoms with E-state index < -0.39 is 21.5 Å². The zero-order valence-corrected chi connectivity index (χ0v) is 39.2. The molecule has 4 unspecified atom stereocenters. The first-order chi connectivity index (χ1) is 26.0. The molecule has 4 aromatic rings. The molecule has 0 heterocycles. The summed E-state index contributed by atoms with van der Waals surface area (Å²) in [5.41, 5.74) is 16.6. The van der Waals surface area contributed by atoms with Gasteiger partial charge in [-0.2, -0.15) is 0 Å². The number of hydrogen-bond donors (Lipinski definition) is 0. The van der Waals surface area contributed by atoms with Crippen LogP contribution in [0.25, 0.3) is 34.4 Å². The number of allylic oxidation sites excluding steroid dienone is 2. The van der Waals surface area contributed by atoms with E-state index in [1.165, 1.54) is 112 Å². The Morgan fingerprint density at radius 1 is 0.648 bits per heavy atom. The molecule has 0 aliphatic heterocycles. The molecule has 7 rings (SSSR count). The third-order valence-electron chi connectivity index (χ3n) is 14.0. The molecule has 0 saturated heterocycles. The van der Waals surface area contributed by atoms with Gasteiger partial charge in [0, 0.05) is 0 Å². The SMILES string of the molecule is CCCC(C)C1=Cc2c(-c3ccc(C4CCCCC4)cc3)cccc2[CH]1[Zr]([Cl])([Cl])([CH]1C(CC)=Cc2c(-c3ccc(C(C)CCC)cc3)cccc21)[SiH](C)C. The van der Waals surface area contributed by atoms with Crippen LogP contribution in [0, 0.1) is 5.92 Å². The Kier molecular flexibility index (Phi) is 12.3. The van der Waals surface area contributed by atoms with Crippen LogP contribution in [-0.4, -0.2) is 5.92 Å². The molecule has 0 nitrogen and oxygen atoms in total.